The van der Waals surface area contributed by atoms with Crippen molar-refractivity contribution in [3.8, 4) is 0 Å². The molecule has 2 nitrogen and oxygen atoms in total. The van der Waals surface area contributed by atoms with Crippen LogP contribution in [0.3, 0.4) is 0 Å². The summed E-state index contributed by atoms with van der Waals surface area (Å²) in [7, 11) is 0. The van der Waals surface area contributed by atoms with Gasteiger partial charge in [0, 0.05) is 18.8 Å². The molecule has 1 fully saturated rings. The zero-order valence-corrected chi connectivity index (χ0v) is 8.25. The van der Waals surface area contributed by atoms with Gasteiger partial charge >= 0.3 is 0 Å². The van der Waals surface area contributed by atoms with E-state index in [1.165, 1.54) is 24.1 Å². The summed E-state index contributed by atoms with van der Waals surface area (Å²) >= 11 is 0. The maximum absolute atomic E-state index is 5.34. The Morgan fingerprint density at radius 2 is 2.08 bits per heavy atom. The lowest BCUT2D eigenvalue weighted by molar-refractivity contribution is 0.0547. The van der Waals surface area contributed by atoms with Gasteiger partial charge in [-0.05, 0) is 31.4 Å². The minimum absolute atomic E-state index is 0.880. The van der Waals surface area contributed by atoms with Gasteiger partial charge in [0.25, 0.3) is 0 Å². The number of nitrogens with zero attached hydrogens (tertiary/aromatic N) is 1. The van der Waals surface area contributed by atoms with Crippen LogP contribution in [0.15, 0.2) is 23.4 Å². The van der Waals surface area contributed by atoms with E-state index in [0.29, 0.717) is 0 Å². The van der Waals surface area contributed by atoms with E-state index in [1.54, 1.807) is 0 Å². The van der Waals surface area contributed by atoms with Gasteiger partial charge in [-0.1, -0.05) is 6.08 Å². The van der Waals surface area contributed by atoms with E-state index in [1.807, 2.05) is 0 Å². The van der Waals surface area contributed by atoms with E-state index in [4.69, 9.17) is 4.74 Å². The molecule has 72 valence electrons. The Bertz CT molecular complexity index is 236. The highest BCUT2D eigenvalue weighted by atomic mass is 16.5. The summed E-state index contributed by atoms with van der Waals surface area (Å²) in [6, 6.07) is 0. The van der Waals surface area contributed by atoms with Crippen molar-refractivity contribution in [2.24, 2.45) is 0 Å². The summed E-state index contributed by atoms with van der Waals surface area (Å²) in [6.07, 6.45) is 6.98. The summed E-state index contributed by atoms with van der Waals surface area (Å²) in [6.45, 7) is 6.11. The molecule has 2 heteroatoms. The normalized spacial score (nSPS) is 23.9. The molecule has 2 aliphatic rings. The van der Waals surface area contributed by atoms with Crippen molar-refractivity contribution < 1.29 is 4.74 Å². The summed E-state index contributed by atoms with van der Waals surface area (Å²) in [5, 5.41) is 0. The Kier molecular flexibility index (Phi) is 2.69. The van der Waals surface area contributed by atoms with E-state index < -0.39 is 0 Å². The number of allylic oxidation sites excluding steroid dienone is 3. The van der Waals surface area contributed by atoms with Gasteiger partial charge in [-0.3, -0.25) is 0 Å². The minimum Gasteiger partial charge on any atom is -0.378 e. The molecule has 1 aliphatic carbocycles. The Morgan fingerprint density at radius 3 is 2.77 bits per heavy atom. The molecule has 0 aromatic rings. The van der Waals surface area contributed by atoms with Crippen LogP contribution in [0.25, 0.3) is 0 Å². The van der Waals surface area contributed by atoms with Crippen molar-refractivity contribution in [2.45, 2.75) is 19.8 Å². The maximum atomic E-state index is 5.34. The molecular formula is C11H17NO. The second kappa shape index (κ2) is 3.97. The van der Waals surface area contributed by atoms with Crippen LogP contribution in [0.5, 0.6) is 0 Å². The van der Waals surface area contributed by atoms with Gasteiger partial charge in [0.05, 0.1) is 13.2 Å². The fraction of sp³-hybridized carbons (Fsp3) is 0.636. The summed E-state index contributed by atoms with van der Waals surface area (Å²) in [5.41, 5.74) is 2.97. The van der Waals surface area contributed by atoms with Gasteiger partial charge in [-0.15, -0.1) is 0 Å². The van der Waals surface area contributed by atoms with Crippen LogP contribution in [0.4, 0.5) is 0 Å². The van der Waals surface area contributed by atoms with Gasteiger partial charge in [0.2, 0.25) is 0 Å². The smallest absolute Gasteiger partial charge is 0.0642 e. The monoisotopic (exact) mass is 179 g/mol. The fourth-order valence-electron chi connectivity index (χ4n) is 1.94. The van der Waals surface area contributed by atoms with Crippen molar-refractivity contribution in [3.05, 3.63) is 23.4 Å². The van der Waals surface area contributed by atoms with Gasteiger partial charge in [0.1, 0.15) is 0 Å². The summed E-state index contributed by atoms with van der Waals surface area (Å²) in [4.78, 5) is 2.44. The first-order chi connectivity index (χ1) is 6.38. The SMILES string of the molecule is CC1=C(N2CCOCC2)C=CCC1. The molecule has 13 heavy (non-hydrogen) atoms. The zero-order valence-electron chi connectivity index (χ0n) is 8.25. The summed E-state index contributed by atoms with van der Waals surface area (Å²) < 4.78 is 5.34. The molecule has 0 saturated carbocycles. The molecule has 0 atom stereocenters. The van der Waals surface area contributed by atoms with E-state index in [-0.39, 0.29) is 0 Å². The molecule has 0 N–H and O–H groups in total. The second-order valence-corrected chi connectivity index (χ2v) is 3.71. The highest BCUT2D eigenvalue weighted by Gasteiger charge is 2.14. The molecule has 0 radical (unpaired) electrons. The molecule has 1 aliphatic heterocycles. The van der Waals surface area contributed by atoms with Gasteiger partial charge in [-0.25, -0.2) is 0 Å². The van der Waals surface area contributed by atoms with Gasteiger partial charge < -0.3 is 9.64 Å². The molecule has 1 heterocycles. The third-order valence-electron chi connectivity index (χ3n) is 2.75. The van der Waals surface area contributed by atoms with E-state index in [2.05, 4.69) is 24.0 Å². The fourth-order valence-corrected chi connectivity index (χ4v) is 1.94. The Morgan fingerprint density at radius 1 is 1.31 bits per heavy atom. The topological polar surface area (TPSA) is 12.5 Å². The Hall–Kier alpha value is -0.760. The van der Waals surface area contributed by atoms with Gasteiger partial charge in [0.15, 0.2) is 0 Å². The van der Waals surface area contributed by atoms with Crippen LogP contribution in [-0.4, -0.2) is 31.2 Å². The Labute approximate surface area is 79.9 Å². The van der Waals surface area contributed by atoms with Crippen LogP contribution in [0.1, 0.15) is 19.8 Å². The van der Waals surface area contributed by atoms with Gasteiger partial charge in [-0.2, -0.15) is 0 Å². The molecule has 0 aromatic carbocycles. The van der Waals surface area contributed by atoms with Crippen molar-refractivity contribution in [2.75, 3.05) is 26.3 Å². The second-order valence-electron chi connectivity index (χ2n) is 3.71. The lowest BCUT2D eigenvalue weighted by Crippen LogP contribution is -2.35. The molecule has 0 amide bonds. The number of hydrogen-bond acceptors (Lipinski definition) is 2. The standard InChI is InChI=1S/C11H17NO/c1-10-4-2-3-5-11(10)12-6-8-13-9-7-12/h3,5H,2,4,6-9H2,1H3. The lowest BCUT2D eigenvalue weighted by Gasteiger charge is -2.32. The number of morpholine rings is 1. The maximum Gasteiger partial charge on any atom is 0.0642 e. The van der Waals surface area contributed by atoms with E-state index in [9.17, 15) is 0 Å². The predicted octanol–water partition coefficient (Wildman–Crippen LogP) is 1.94. The number of ether oxygens (including phenoxy) is 1. The molecular weight excluding hydrogens is 162 g/mol. The minimum atomic E-state index is 0.880. The number of hydrogen-bond donors (Lipinski definition) is 0. The highest BCUT2D eigenvalue weighted by molar-refractivity contribution is 5.27. The predicted molar refractivity (Wildman–Crippen MR) is 53.5 cm³/mol. The number of rotatable bonds is 1. The van der Waals surface area contributed by atoms with Crippen molar-refractivity contribution >= 4 is 0 Å². The van der Waals surface area contributed by atoms with Crippen LogP contribution < -0.4 is 0 Å². The first kappa shape index (κ1) is 8.82. The Balaban J connectivity index is 2.09. The summed E-state index contributed by atoms with van der Waals surface area (Å²) in [5.74, 6) is 0. The van der Waals surface area contributed by atoms with Crippen LogP contribution in [0, 0.1) is 0 Å². The average molecular weight is 179 g/mol. The first-order valence-corrected chi connectivity index (χ1v) is 5.07. The average Bonchev–Trinajstić information content (AvgIpc) is 2.20. The first-order valence-electron chi connectivity index (χ1n) is 5.07. The molecule has 0 bridgehead atoms. The lowest BCUT2D eigenvalue weighted by atomic mass is 10.0. The third kappa shape index (κ3) is 1.94. The van der Waals surface area contributed by atoms with Crippen molar-refractivity contribution in [1.29, 1.82) is 0 Å². The van der Waals surface area contributed by atoms with E-state index >= 15 is 0 Å². The van der Waals surface area contributed by atoms with Crippen LogP contribution >= 0.6 is 0 Å². The van der Waals surface area contributed by atoms with E-state index in [0.717, 1.165) is 26.3 Å². The van der Waals surface area contributed by atoms with Crippen molar-refractivity contribution in [3.63, 3.8) is 0 Å². The molecule has 0 unspecified atom stereocenters. The van der Waals surface area contributed by atoms with Crippen LogP contribution in [0.2, 0.25) is 0 Å². The molecule has 0 aromatic heterocycles. The third-order valence-corrected chi connectivity index (χ3v) is 2.75. The molecule has 0 spiro atoms. The molecule has 1 saturated heterocycles. The highest BCUT2D eigenvalue weighted by Crippen LogP contribution is 2.22. The molecule has 2 rings (SSSR count). The zero-order chi connectivity index (χ0) is 9.10. The quantitative estimate of drug-likeness (QED) is 0.610. The van der Waals surface area contributed by atoms with Crippen molar-refractivity contribution in [1.82, 2.24) is 4.90 Å². The largest absolute Gasteiger partial charge is 0.378 e. The van der Waals surface area contributed by atoms with Crippen LogP contribution in [-0.2, 0) is 4.74 Å².